The van der Waals surface area contributed by atoms with Gasteiger partial charge in [0.05, 0.1) is 28.6 Å². The van der Waals surface area contributed by atoms with E-state index in [0.717, 1.165) is 0 Å². The minimum Gasteiger partial charge on any atom is -0.373 e. The highest BCUT2D eigenvalue weighted by Crippen LogP contribution is 2.23. The maximum absolute atomic E-state index is 12.9. The van der Waals surface area contributed by atoms with Gasteiger partial charge in [0.25, 0.3) is 5.69 Å². The molecule has 178 valence electrons. The van der Waals surface area contributed by atoms with E-state index >= 15 is 0 Å². The number of morpholine rings is 1. The first-order chi connectivity index (χ1) is 15.6. The standard InChI is InChI=1S/C22H28N4O6S/c1-16-12-25(13-17(2)32-16)33(30,31)20-10-8-19(9-11-20)23-22(27)15-24(3)14-18-6-4-5-7-21(18)26(28)29/h4-11,16-17H,12-15H2,1-3H3,(H,23,27)/t16-,17+. The third-order valence-electron chi connectivity index (χ3n) is 5.20. The number of para-hydroxylation sites is 1. The number of sulfonamides is 1. The van der Waals surface area contributed by atoms with E-state index in [1.807, 2.05) is 13.8 Å². The number of hydrogen-bond donors (Lipinski definition) is 1. The first-order valence-corrected chi connectivity index (χ1v) is 12.0. The molecule has 1 N–H and O–H groups in total. The Morgan fingerprint density at radius 3 is 2.36 bits per heavy atom. The number of nitro groups is 1. The fourth-order valence-electron chi connectivity index (χ4n) is 3.80. The Morgan fingerprint density at radius 2 is 1.76 bits per heavy atom. The van der Waals surface area contributed by atoms with Gasteiger partial charge >= 0.3 is 0 Å². The quantitative estimate of drug-likeness (QED) is 0.459. The lowest BCUT2D eigenvalue weighted by Crippen LogP contribution is -2.48. The van der Waals surface area contributed by atoms with Gasteiger partial charge in [-0.05, 0) is 45.2 Å². The van der Waals surface area contributed by atoms with Crippen LogP contribution in [0.2, 0.25) is 0 Å². The number of carbonyl (C=O) groups is 1. The van der Waals surface area contributed by atoms with E-state index in [2.05, 4.69) is 5.32 Å². The largest absolute Gasteiger partial charge is 0.373 e. The highest BCUT2D eigenvalue weighted by Gasteiger charge is 2.32. The lowest BCUT2D eigenvalue weighted by Gasteiger charge is -2.34. The molecule has 1 fully saturated rings. The number of benzene rings is 2. The van der Waals surface area contributed by atoms with Gasteiger partial charge in [-0.25, -0.2) is 8.42 Å². The Kier molecular flexibility index (Phi) is 7.80. The average molecular weight is 477 g/mol. The third kappa shape index (κ3) is 6.35. The van der Waals surface area contributed by atoms with Crippen LogP contribution in [0, 0.1) is 10.1 Å². The highest BCUT2D eigenvalue weighted by atomic mass is 32.2. The van der Waals surface area contributed by atoms with E-state index in [1.54, 1.807) is 42.3 Å². The summed E-state index contributed by atoms with van der Waals surface area (Å²) in [5, 5.41) is 13.9. The van der Waals surface area contributed by atoms with Crippen LogP contribution in [0.4, 0.5) is 11.4 Å². The van der Waals surface area contributed by atoms with Crippen molar-refractivity contribution >= 4 is 27.3 Å². The number of nitrogens with zero attached hydrogens (tertiary/aromatic N) is 3. The molecule has 10 nitrogen and oxygen atoms in total. The van der Waals surface area contributed by atoms with Gasteiger partial charge in [-0.3, -0.25) is 19.8 Å². The molecular formula is C22H28N4O6S. The number of ether oxygens (including phenoxy) is 1. The summed E-state index contributed by atoms with van der Waals surface area (Å²) in [4.78, 5) is 24.9. The van der Waals surface area contributed by atoms with Gasteiger partial charge < -0.3 is 10.1 Å². The van der Waals surface area contributed by atoms with Crippen LogP contribution in [0.15, 0.2) is 53.4 Å². The zero-order chi connectivity index (χ0) is 24.2. The average Bonchev–Trinajstić information content (AvgIpc) is 2.73. The number of nitro benzene ring substituents is 1. The molecule has 0 saturated carbocycles. The van der Waals surface area contributed by atoms with Crippen LogP contribution < -0.4 is 5.32 Å². The molecule has 1 amide bonds. The maximum atomic E-state index is 12.9. The van der Waals surface area contributed by atoms with E-state index in [1.165, 1.54) is 22.5 Å². The number of likely N-dealkylation sites (N-methyl/N-ethyl adjacent to an activating group) is 1. The van der Waals surface area contributed by atoms with Gasteiger partial charge in [0.1, 0.15) is 0 Å². The van der Waals surface area contributed by atoms with E-state index in [9.17, 15) is 23.3 Å². The van der Waals surface area contributed by atoms with Crippen LogP contribution in [0.5, 0.6) is 0 Å². The molecule has 11 heteroatoms. The minimum absolute atomic E-state index is 0.00520. The fourth-order valence-corrected chi connectivity index (χ4v) is 5.39. The van der Waals surface area contributed by atoms with Crippen LogP contribution in [0.25, 0.3) is 0 Å². The van der Waals surface area contributed by atoms with Crippen molar-refractivity contribution in [3.63, 3.8) is 0 Å². The van der Waals surface area contributed by atoms with Gasteiger partial charge in [0, 0.05) is 37.0 Å². The van der Waals surface area contributed by atoms with Crippen molar-refractivity contribution in [2.75, 3.05) is 32.0 Å². The van der Waals surface area contributed by atoms with Crippen molar-refractivity contribution in [1.82, 2.24) is 9.21 Å². The Morgan fingerprint density at radius 1 is 1.15 bits per heavy atom. The molecule has 1 aliphatic rings. The summed E-state index contributed by atoms with van der Waals surface area (Å²) in [7, 11) is -1.97. The lowest BCUT2D eigenvalue weighted by atomic mass is 10.1. The molecule has 2 atom stereocenters. The summed E-state index contributed by atoms with van der Waals surface area (Å²) in [6.07, 6.45) is -0.368. The normalized spacial score (nSPS) is 19.4. The summed E-state index contributed by atoms with van der Waals surface area (Å²) < 4.78 is 32.9. The summed E-state index contributed by atoms with van der Waals surface area (Å²) in [5.41, 5.74) is 0.978. The van der Waals surface area contributed by atoms with Crippen LogP contribution in [0.3, 0.4) is 0 Å². The Labute approximate surface area is 193 Å². The van der Waals surface area contributed by atoms with Gasteiger partial charge in [0.2, 0.25) is 15.9 Å². The van der Waals surface area contributed by atoms with Crippen LogP contribution in [0.1, 0.15) is 19.4 Å². The summed E-state index contributed by atoms with van der Waals surface area (Å²) in [6.45, 7) is 4.50. The Hall–Kier alpha value is -2.86. The van der Waals surface area contributed by atoms with E-state index in [4.69, 9.17) is 4.74 Å². The lowest BCUT2D eigenvalue weighted by molar-refractivity contribution is -0.385. The van der Waals surface area contributed by atoms with Crippen LogP contribution in [-0.4, -0.2) is 67.3 Å². The zero-order valence-electron chi connectivity index (χ0n) is 18.8. The van der Waals surface area contributed by atoms with Gasteiger partial charge in [0.15, 0.2) is 0 Å². The van der Waals surface area contributed by atoms with E-state index in [-0.39, 0.29) is 54.9 Å². The van der Waals surface area contributed by atoms with Crippen molar-refractivity contribution in [2.45, 2.75) is 37.5 Å². The molecule has 2 aromatic carbocycles. The van der Waals surface area contributed by atoms with Crippen molar-refractivity contribution in [3.05, 3.63) is 64.2 Å². The summed E-state index contributed by atoms with van der Waals surface area (Å²) in [5.74, 6) is -0.317. The van der Waals surface area contributed by atoms with Crippen molar-refractivity contribution in [3.8, 4) is 0 Å². The first-order valence-electron chi connectivity index (χ1n) is 10.5. The van der Waals surface area contributed by atoms with Crippen molar-refractivity contribution < 1.29 is 22.9 Å². The molecule has 2 aromatic rings. The van der Waals surface area contributed by atoms with Crippen LogP contribution >= 0.6 is 0 Å². The summed E-state index contributed by atoms with van der Waals surface area (Å²) >= 11 is 0. The highest BCUT2D eigenvalue weighted by molar-refractivity contribution is 7.89. The number of nitrogens with one attached hydrogen (secondary N) is 1. The topological polar surface area (TPSA) is 122 Å². The fraction of sp³-hybridized carbons (Fsp3) is 0.409. The molecule has 0 unspecified atom stereocenters. The van der Waals surface area contributed by atoms with E-state index in [0.29, 0.717) is 11.3 Å². The molecule has 0 aromatic heterocycles. The first kappa shape index (κ1) is 24.8. The second kappa shape index (κ2) is 10.4. The van der Waals surface area contributed by atoms with Crippen LogP contribution in [-0.2, 0) is 26.1 Å². The number of hydrogen-bond acceptors (Lipinski definition) is 7. The number of anilines is 1. The SMILES string of the molecule is C[C@@H]1CN(S(=O)(=O)c2ccc(NC(=O)CN(C)Cc3ccccc3[N+](=O)[O-])cc2)C[C@H](C)O1. The molecule has 1 heterocycles. The third-order valence-corrected chi connectivity index (χ3v) is 7.05. The smallest absolute Gasteiger partial charge is 0.273 e. The molecule has 3 rings (SSSR count). The number of rotatable bonds is 8. The Balaban J connectivity index is 1.59. The molecule has 1 aliphatic heterocycles. The molecule has 1 saturated heterocycles. The predicted molar refractivity (Wildman–Crippen MR) is 123 cm³/mol. The molecule has 0 spiro atoms. The summed E-state index contributed by atoms with van der Waals surface area (Å²) in [6, 6.07) is 12.4. The monoisotopic (exact) mass is 476 g/mol. The van der Waals surface area contributed by atoms with Crippen molar-refractivity contribution in [2.24, 2.45) is 0 Å². The number of carbonyl (C=O) groups excluding carboxylic acids is 1. The molecular weight excluding hydrogens is 448 g/mol. The Bertz CT molecular complexity index is 1100. The molecule has 33 heavy (non-hydrogen) atoms. The molecule has 0 bridgehead atoms. The molecule has 0 radical (unpaired) electrons. The second-order valence-corrected chi connectivity index (χ2v) is 10.1. The number of amides is 1. The maximum Gasteiger partial charge on any atom is 0.273 e. The second-order valence-electron chi connectivity index (χ2n) is 8.21. The zero-order valence-corrected chi connectivity index (χ0v) is 19.6. The van der Waals surface area contributed by atoms with Gasteiger partial charge in [-0.15, -0.1) is 0 Å². The minimum atomic E-state index is -3.66. The molecule has 0 aliphatic carbocycles. The van der Waals surface area contributed by atoms with E-state index < -0.39 is 14.9 Å². The van der Waals surface area contributed by atoms with Crippen molar-refractivity contribution in [1.29, 1.82) is 0 Å². The van der Waals surface area contributed by atoms with Gasteiger partial charge in [-0.1, -0.05) is 18.2 Å². The van der Waals surface area contributed by atoms with Gasteiger partial charge in [-0.2, -0.15) is 4.31 Å². The predicted octanol–water partition coefficient (Wildman–Crippen LogP) is 2.46.